The van der Waals surface area contributed by atoms with Gasteiger partial charge in [-0.25, -0.2) is 0 Å². The molecule has 0 aromatic heterocycles. The predicted octanol–water partition coefficient (Wildman–Crippen LogP) is 9.99. The molecule has 0 unspecified atom stereocenters. The predicted molar refractivity (Wildman–Crippen MR) is 242 cm³/mol. The van der Waals surface area contributed by atoms with Gasteiger partial charge in [0.2, 0.25) is 0 Å². The maximum Gasteiger partial charge on any atom is 0.311 e. The molecule has 7 atom stereocenters. The van der Waals surface area contributed by atoms with Crippen molar-refractivity contribution >= 4 is 33.0 Å². The lowest BCUT2D eigenvalue weighted by molar-refractivity contribution is -0.297. The lowest BCUT2D eigenvalue weighted by Gasteiger charge is -2.46. The molecule has 324 valence electrons. The largest absolute Gasteiger partial charge is 0.497 e. The van der Waals surface area contributed by atoms with Crippen LogP contribution in [0, 0.1) is 11.8 Å². The van der Waals surface area contributed by atoms with E-state index < -0.39 is 28.5 Å². The van der Waals surface area contributed by atoms with Crippen molar-refractivity contribution < 1.29 is 37.3 Å². The second-order valence-electron chi connectivity index (χ2n) is 19.3. The molecule has 2 heterocycles. The summed E-state index contributed by atoms with van der Waals surface area (Å²) in [6.45, 7) is 23.6. The number of ether oxygens (including phenoxy) is 5. The number of carbonyl (C=O) groups excluding carboxylic acids is 1. The van der Waals surface area contributed by atoms with E-state index in [-0.39, 0.29) is 52.6 Å². The van der Waals surface area contributed by atoms with Crippen molar-refractivity contribution in [1.82, 2.24) is 0 Å². The lowest BCUT2D eigenvalue weighted by atomic mass is 9.85. The second kappa shape index (κ2) is 19.7. The summed E-state index contributed by atoms with van der Waals surface area (Å²) in [7, 11) is -1.68. The highest BCUT2D eigenvalue weighted by Gasteiger charge is 2.51. The van der Waals surface area contributed by atoms with Crippen LogP contribution in [0.15, 0.2) is 97.1 Å². The highest BCUT2D eigenvalue weighted by Crippen LogP contribution is 2.42. The quantitative estimate of drug-likeness (QED) is 0.0687. The second-order valence-corrected chi connectivity index (χ2v) is 28.4. The molecule has 3 aromatic rings. The first-order valence-corrected chi connectivity index (χ1v) is 26.4. The number of carbonyl (C=O) groups is 1. The summed E-state index contributed by atoms with van der Waals surface area (Å²) >= 11 is 0. The van der Waals surface area contributed by atoms with E-state index in [1.807, 2.05) is 24.3 Å². The molecule has 8 nitrogen and oxygen atoms in total. The minimum absolute atomic E-state index is 0.00184. The first kappa shape index (κ1) is 47.0. The molecule has 0 spiro atoms. The van der Waals surface area contributed by atoms with Gasteiger partial charge >= 0.3 is 5.97 Å². The van der Waals surface area contributed by atoms with Gasteiger partial charge in [0, 0.05) is 32.5 Å². The SMILES string of the molecule is COc1ccc(CO[C@H]2C[C@@]3(OC)CC(=O)O[C@H](CCCO[Si](c4ccccc4)(c4ccccc4)C(C)(C)C)C[C@H](O[Si](C)(C)C(C)(C)C)[C@@H](C)/C=C\[C@H](O3)[C@@H]2C)cc1. The van der Waals surface area contributed by atoms with Crippen molar-refractivity contribution in [3.05, 3.63) is 103 Å². The summed E-state index contributed by atoms with van der Waals surface area (Å²) in [5.41, 5.74) is 1.04. The van der Waals surface area contributed by atoms with Gasteiger partial charge in [0.05, 0.1) is 38.4 Å². The molecular weight excluding hydrogens is 773 g/mol. The molecule has 1 fully saturated rings. The summed E-state index contributed by atoms with van der Waals surface area (Å²) in [4.78, 5) is 14.2. The third-order valence-corrected chi connectivity index (χ3v) is 22.6. The van der Waals surface area contributed by atoms with Crippen LogP contribution in [0.3, 0.4) is 0 Å². The van der Waals surface area contributed by atoms with Crippen LogP contribution < -0.4 is 15.1 Å². The van der Waals surface area contributed by atoms with E-state index in [9.17, 15) is 4.79 Å². The summed E-state index contributed by atoms with van der Waals surface area (Å²) in [6, 6.07) is 29.3. The van der Waals surface area contributed by atoms with E-state index in [0.29, 0.717) is 38.9 Å². The Balaban J connectivity index is 1.42. The summed E-state index contributed by atoms with van der Waals surface area (Å²) < 4.78 is 45.9. The Kier molecular flexibility index (Phi) is 15.7. The highest BCUT2D eigenvalue weighted by molar-refractivity contribution is 6.99. The first-order chi connectivity index (χ1) is 27.8. The Labute approximate surface area is 357 Å². The van der Waals surface area contributed by atoms with Crippen LogP contribution in [0.4, 0.5) is 0 Å². The number of hydrogen-bond acceptors (Lipinski definition) is 8. The molecule has 0 amide bonds. The Bertz CT molecular complexity index is 1750. The van der Waals surface area contributed by atoms with E-state index in [1.54, 1.807) is 14.2 Å². The number of esters is 1. The number of rotatable bonds is 14. The van der Waals surface area contributed by atoms with Crippen LogP contribution in [0.1, 0.15) is 93.1 Å². The third-order valence-electron chi connectivity index (χ3n) is 13.0. The summed E-state index contributed by atoms with van der Waals surface area (Å²) in [5.74, 6) is -0.741. The van der Waals surface area contributed by atoms with Gasteiger partial charge in [0.15, 0.2) is 14.1 Å². The van der Waals surface area contributed by atoms with Gasteiger partial charge in [0.25, 0.3) is 8.32 Å². The molecule has 0 radical (unpaired) electrons. The molecule has 2 bridgehead atoms. The standard InChI is InChI=1S/C49H72O8Si2/c1-36-25-30-43-37(2)45(53-35-38-26-28-39(51-9)29-27-38)33-49(52-10,56-43)34-46(50)55-40(32-44(36)57-58(11,12)47(3,4)5)20-19-31-54-59(48(6,7)8,41-21-15-13-16-22-41)42-23-17-14-18-24-42/h13-18,21-30,36-37,40,43-45H,19-20,31-35H2,1-12H3/b30-25-/t36-,37-,40+,43-,44-,45-,49-/m0/s1. The zero-order valence-corrected chi connectivity index (χ0v) is 39.9. The van der Waals surface area contributed by atoms with Gasteiger partial charge in [-0.05, 0) is 70.0 Å². The smallest absolute Gasteiger partial charge is 0.311 e. The molecule has 59 heavy (non-hydrogen) atoms. The Morgan fingerprint density at radius 3 is 1.95 bits per heavy atom. The van der Waals surface area contributed by atoms with Gasteiger partial charge in [-0.3, -0.25) is 4.79 Å². The highest BCUT2D eigenvalue weighted by atomic mass is 28.4. The molecule has 10 heteroatoms. The molecule has 2 aliphatic rings. The molecule has 0 N–H and O–H groups in total. The third kappa shape index (κ3) is 11.4. The van der Waals surface area contributed by atoms with Crippen LogP contribution in [-0.4, -0.2) is 73.6 Å². The minimum Gasteiger partial charge on any atom is -0.497 e. The Hall–Kier alpha value is -3.10. The minimum atomic E-state index is -2.73. The van der Waals surface area contributed by atoms with Gasteiger partial charge in [-0.15, -0.1) is 0 Å². The number of fused-ring (bicyclic) bond motifs is 2. The van der Waals surface area contributed by atoms with Crippen LogP contribution in [0.25, 0.3) is 0 Å². The number of benzene rings is 3. The maximum absolute atomic E-state index is 14.2. The topological polar surface area (TPSA) is 81.7 Å². The zero-order valence-electron chi connectivity index (χ0n) is 37.9. The van der Waals surface area contributed by atoms with E-state index in [2.05, 4.69) is 141 Å². The first-order valence-electron chi connectivity index (χ1n) is 21.6. The maximum atomic E-state index is 14.2. The van der Waals surface area contributed by atoms with Gasteiger partial charge < -0.3 is 32.5 Å². The molecule has 0 saturated carbocycles. The van der Waals surface area contributed by atoms with Crippen LogP contribution >= 0.6 is 0 Å². The molecule has 3 aromatic carbocycles. The van der Waals surface area contributed by atoms with Crippen molar-refractivity contribution in [3.63, 3.8) is 0 Å². The monoisotopic (exact) mass is 844 g/mol. The summed E-state index contributed by atoms with van der Waals surface area (Å²) in [6.07, 6.45) is 5.49. The number of hydrogen-bond donors (Lipinski definition) is 0. The molecule has 5 rings (SSSR count). The number of methoxy groups -OCH3 is 2. The number of cyclic esters (lactones) is 1. The van der Waals surface area contributed by atoms with Gasteiger partial charge in [-0.1, -0.05) is 140 Å². The fraction of sp³-hybridized carbons (Fsp3) is 0.571. The average Bonchev–Trinajstić information content (AvgIpc) is 3.19. The molecular formula is C49H72O8Si2. The van der Waals surface area contributed by atoms with Crippen LogP contribution in [0.5, 0.6) is 5.75 Å². The van der Waals surface area contributed by atoms with E-state index in [0.717, 1.165) is 11.3 Å². The molecule has 1 saturated heterocycles. The summed E-state index contributed by atoms with van der Waals surface area (Å²) in [5, 5.41) is 2.36. The Morgan fingerprint density at radius 2 is 1.41 bits per heavy atom. The zero-order chi connectivity index (χ0) is 43.1. The van der Waals surface area contributed by atoms with E-state index in [1.165, 1.54) is 10.4 Å². The normalized spacial score (nSPS) is 26.6. The van der Waals surface area contributed by atoms with Crippen molar-refractivity contribution in [3.8, 4) is 5.75 Å². The average molecular weight is 845 g/mol. The lowest BCUT2D eigenvalue weighted by Crippen LogP contribution is -2.66. The van der Waals surface area contributed by atoms with Crippen LogP contribution in [0.2, 0.25) is 23.2 Å². The molecule has 2 aliphatic heterocycles. The van der Waals surface area contributed by atoms with Crippen molar-refractivity contribution in [2.75, 3.05) is 20.8 Å². The van der Waals surface area contributed by atoms with Gasteiger partial charge in [-0.2, -0.15) is 0 Å². The van der Waals surface area contributed by atoms with E-state index in [4.69, 9.17) is 32.5 Å². The van der Waals surface area contributed by atoms with Crippen molar-refractivity contribution in [2.45, 2.75) is 147 Å². The molecule has 0 aliphatic carbocycles. The van der Waals surface area contributed by atoms with Crippen molar-refractivity contribution in [1.29, 1.82) is 0 Å². The fourth-order valence-electron chi connectivity index (χ4n) is 8.34. The van der Waals surface area contributed by atoms with Crippen molar-refractivity contribution in [2.24, 2.45) is 11.8 Å². The Morgan fingerprint density at radius 1 is 0.797 bits per heavy atom. The fourth-order valence-corrected chi connectivity index (χ4v) is 14.4. The van der Waals surface area contributed by atoms with Crippen LogP contribution in [-0.2, 0) is 39.2 Å². The van der Waals surface area contributed by atoms with E-state index >= 15 is 0 Å². The van der Waals surface area contributed by atoms with Gasteiger partial charge in [0.1, 0.15) is 11.9 Å².